The minimum Gasteiger partial charge on any atom is -0.0889 e. The molecule has 0 aliphatic carbocycles. The van der Waals surface area contributed by atoms with E-state index in [1.54, 1.807) is 45.1 Å². The maximum Gasteiger partial charge on any atom is 0.463 e. The van der Waals surface area contributed by atoms with Gasteiger partial charge >= 0.3 is 23.3 Å². The Hall–Kier alpha value is -1.68. The summed E-state index contributed by atoms with van der Waals surface area (Å²) in [6.45, 7) is 0. The van der Waals surface area contributed by atoms with Crippen LogP contribution >= 0.6 is 45.1 Å². The molecule has 0 bridgehead atoms. The molecule has 0 N–H and O–H groups in total. The zero-order chi connectivity index (χ0) is 23.6. The van der Waals surface area contributed by atoms with Gasteiger partial charge in [0.15, 0.2) is 0 Å². The molecule has 0 fully saturated rings. The third-order valence-electron chi connectivity index (χ3n) is 4.63. The standard InChI is InChI=1S/C26H20O2S6/c27-29-17-19-11-13-23(25(15-19)31-21-7-3-1-4-8-21)33-34-24-14-12-20(18-30-28)16-26(24)32-22-9-5-2-6-10-22/h1-16H,17-18H2/q+2. The monoisotopic (exact) mass is 556 g/mol. The summed E-state index contributed by atoms with van der Waals surface area (Å²) < 4.78 is 22.2. The summed E-state index contributed by atoms with van der Waals surface area (Å²) >= 11 is 4.63. The first-order chi connectivity index (χ1) is 16.7. The van der Waals surface area contributed by atoms with Gasteiger partial charge < -0.3 is 0 Å². The molecule has 4 rings (SSSR count). The molecular formula is C26H20O2S6+2. The topological polar surface area (TPSA) is 34.1 Å². The van der Waals surface area contributed by atoms with E-state index < -0.39 is 0 Å². The second-order valence-corrected chi connectivity index (χ2v) is 12.6. The van der Waals surface area contributed by atoms with Gasteiger partial charge in [-0.15, -0.1) is 0 Å². The largest absolute Gasteiger partial charge is 0.463 e. The van der Waals surface area contributed by atoms with Crippen molar-refractivity contribution in [2.24, 2.45) is 0 Å². The molecule has 0 unspecified atom stereocenters. The molecule has 2 nitrogen and oxygen atoms in total. The highest BCUT2D eigenvalue weighted by atomic mass is 33.1. The lowest BCUT2D eigenvalue weighted by molar-refractivity contribution is 0.603. The van der Waals surface area contributed by atoms with E-state index in [0.717, 1.165) is 30.7 Å². The van der Waals surface area contributed by atoms with E-state index in [9.17, 15) is 8.42 Å². The lowest BCUT2D eigenvalue weighted by Crippen LogP contribution is -1.87. The van der Waals surface area contributed by atoms with Crippen molar-refractivity contribution in [2.45, 2.75) is 40.9 Å². The van der Waals surface area contributed by atoms with Crippen molar-refractivity contribution in [2.75, 3.05) is 0 Å². The molecule has 0 aliphatic rings. The highest BCUT2D eigenvalue weighted by molar-refractivity contribution is 8.76. The van der Waals surface area contributed by atoms with Gasteiger partial charge in [0.25, 0.3) is 11.5 Å². The summed E-state index contributed by atoms with van der Waals surface area (Å²) in [7, 11) is 3.44. The van der Waals surface area contributed by atoms with Crippen LogP contribution in [0.1, 0.15) is 11.1 Å². The maximum absolute atomic E-state index is 11.1. The fourth-order valence-corrected chi connectivity index (χ4v) is 8.46. The molecule has 170 valence electrons. The minimum atomic E-state index is 0.456. The van der Waals surface area contributed by atoms with Gasteiger partial charge in [-0.1, -0.05) is 93.6 Å². The third kappa shape index (κ3) is 7.41. The number of hydrogen-bond acceptors (Lipinski definition) is 6. The van der Waals surface area contributed by atoms with Crippen molar-refractivity contribution in [3.63, 3.8) is 0 Å². The predicted octanol–water partition coefficient (Wildman–Crippen LogP) is 8.64. The lowest BCUT2D eigenvalue weighted by atomic mass is 10.2. The van der Waals surface area contributed by atoms with Gasteiger partial charge in [-0.2, -0.15) is 0 Å². The van der Waals surface area contributed by atoms with Gasteiger partial charge in [0, 0.05) is 48.9 Å². The Morgan fingerprint density at radius 1 is 0.500 bits per heavy atom. The van der Waals surface area contributed by atoms with Gasteiger partial charge in [-0.3, -0.25) is 0 Å². The molecular weight excluding hydrogens is 537 g/mol. The number of rotatable bonds is 11. The van der Waals surface area contributed by atoms with E-state index in [1.165, 1.54) is 9.79 Å². The summed E-state index contributed by atoms with van der Waals surface area (Å²) in [6, 6.07) is 33.1. The van der Waals surface area contributed by atoms with Gasteiger partial charge in [-0.25, -0.2) is 0 Å². The average molecular weight is 557 g/mol. The molecule has 8 heteroatoms. The Labute approximate surface area is 224 Å². The summed E-state index contributed by atoms with van der Waals surface area (Å²) in [4.78, 5) is 6.95. The molecule has 0 radical (unpaired) electrons. The third-order valence-corrected chi connectivity index (χ3v) is 10.4. The number of hydrogen-bond donors (Lipinski definition) is 0. The smallest absolute Gasteiger partial charge is 0.0889 e. The van der Waals surface area contributed by atoms with Crippen molar-refractivity contribution in [1.82, 2.24) is 0 Å². The van der Waals surface area contributed by atoms with E-state index in [1.807, 2.05) is 48.5 Å². The summed E-state index contributed by atoms with van der Waals surface area (Å²) in [5, 5.41) is 0. The highest BCUT2D eigenvalue weighted by Gasteiger charge is 2.14. The van der Waals surface area contributed by atoms with Crippen LogP contribution in [0.25, 0.3) is 0 Å². The van der Waals surface area contributed by atoms with E-state index in [-0.39, 0.29) is 0 Å². The quantitative estimate of drug-likeness (QED) is 0.136. The van der Waals surface area contributed by atoms with Crippen LogP contribution in [0.5, 0.6) is 0 Å². The van der Waals surface area contributed by atoms with Crippen molar-refractivity contribution < 1.29 is 8.42 Å². The molecule has 0 spiro atoms. The van der Waals surface area contributed by atoms with Crippen LogP contribution in [0.3, 0.4) is 0 Å². The van der Waals surface area contributed by atoms with E-state index in [0.29, 0.717) is 34.8 Å². The van der Waals surface area contributed by atoms with Gasteiger partial charge in [0.2, 0.25) is 0 Å². The van der Waals surface area contributed by atoms with Gasteiger partial charge in [0.05, 0.1) is 0 Å². The Bertz CT molecular complexity index is 1150. The highest BCUT2D eigenvalue weighted by Crippen LogP contribution is 2.47. The van der Waals surface area contributed by atoms with Gasteiger partial charge in [-0.05, 0) is 48.5 Å². The molecule has 0 atom stereocenters. The van der Waals surface area contributed by atoms with Crippen LogP contribution in [-0.2, 0) is 43.3 Å². The van der Waals surface area contributed by atoms with Crippen LogP contribution in [0, 0.1) is 0 Å². The lowest BCUT2D eigenvalue weighted by Gasteiger charge is -2.12. The first-order valence-electron chi connectivity index (χ1n) is 10.3. The Kier molecular flexibility index (Phi) is 10.0. The van der Waals surface area contributed by atoms with Crippen molar-refractivity contribution in [1.29, 1.82) is 0 Å². The summed E-state index contributed by atoms with van der Waals surface area (Å²) in [5.74, 6) is 0.912. The average Bonchev–Trinajstić information content (AvgIpc) is 2.86. The SMILES string of the molecule is O=[S+]Cc1ccc(SSc2ccc(C[S+]=O)cc2Sc2ccccc2)c(Sc2ccccc2)c1. The van der Waals surface area contributed by atoms with Crippen molar-refractivity contribution in [3.8, 4) is 0 Å². The van der Waals surface area contributed by atoms with Crippen molar-refractivity contribution in [3.05, 3.63) is 108 Å². The first kappa shape index (κ1) is 25.4. The number of benzene rings is 4. The first-order valence-corrected chi connectivity index (χ1v) is 15.9. The Morgan fingerprint density at radius 2 is 0.912 bits per heavy atom. The molecule has 0 saturated carbocycles. The fraction of sp³-hybridized carbons (Fsp3) is 0.0769. The fourth-order valence-electron chi connectivity index (χ4n) is 3.04. The molecule has 4 aromatic carbocycles. The summed E-state index contributed by atoms with van der Waals surface area (Å²) in [5.41, 5.74) is 2.07. The zero-order valence-electron chi connectivity index (χ0n) is 17.9. The normalized spacial score (nSPS) is 10.7. The van der Waals surface area contributed by atoms with Crippen LogP contribution in [0.2, 0.25) is 0 Å². The summed E-state index contributed by atoms with van der Waals surface area (Å²) in [6.07, 6.45) is 0. The second kappa shape index (κ2) is 13.4. The molecule has 0 saturated heterocycles. The van der Waals surface area contributed by atoms with E-state index in [4.69, 9.17) is 0 Å². The second-order valence-electron chi connectivity index (χ2n) is 7.08. The Morgan fingerprint density at radius 3 is 1.29 bits per heavy atom. The molecule has 0 amide bonds. The molecule has 0 heterocycles. The molecule has 34 heavy (non-hydrogen) atoms. The maximum atomic E-state index is 11.1. The Balaban J connectivity index is 1.59. The minimum absolute atomic E-state index is 0.456. The van der Waals surface area contributed by atoms with Crippen LogP contribution < -0.4 is 0 Å². The van der Waals surface area contributed by atoms with Crippen LogP contribution in [-0.4, -0.2) is 0 Å². The molecule has 0 aliphatic heterocycles. The van der Waals surface area contributed by atoms with Crippen LogP contribution in [0.4, 0.5) is 0 Å². The predicted molar refractivity (Wildman–Crippen MR) is 149 cm³/mol. The zero-order valence-corrected chi connectivity index (χ0v) is 22.8. The molecule has 4 aromatic rings. The molecule has 0 aromatic heterocycles. The van der Waals surface area contributed by atoms with Gasteiger partial charge in [0.1, 0.15) is 0 Å². The van der Waals surface area contributed by atoms with E-state index in [2.05, 4.69) is 48.5 Å². The van der Waals surface area contributed by atoms with Crippen molar-refractivity contribution >= 4 is 68.4 Å². The van der Waals surface area contributed by atoms with Crippen LogP contribution in [0.15, 0.2) is 126 Å². The van der Waals surface area contributed by atoms with E-state index >= 15 is 0 Å².